The molecule has 4 atom stereocenters. The van der Waals surface area contributed by atoms with Crippen molar-refractivity contribution < 1.29 is 32.5 Å². The largest absolute Gasteiger partial charge is 0.385 e. The summed E-state index contributed by atoms with van der Waals surface area (Å²) in [5, 5.41) is 10.7. The Balaban J connectivity index is 4.93. The average Bonchev–Trinajstić information content (AvgIpc) is 3.08. The van der Waals surface area contributed by atoms with Crippen molar-refractivity contribution in [2.24, 2.45) is 23.1 Å². The Labute approximate surface area is 306 Å². The fourth-order valence-electron chi connectivity index (χ4n) is 6.94. The highest BCUT2D eigenvalue weighted by atomic mass is 32.2. The van der Waals surface area contributed by atoms with Crippen molar-refractivity contribution in [2.75, 3.05) is 13.1 Å². The molecule has 0 radical (unpaired) electrons. The maximum absolute atomic E-state index is 13.7. The molecule has 0 spiro atoms. The van der Waals surface area contributed by atoms with Crippen LogP contribution in [-0.4, -0.2) is 65.4 Å². The van der Waals surface area contributed by atoms with Gasteiger partial charge < -0.3 is 22.3 Å². The van der Waals surface area contributed by atoms with E-state index in [2.05, 4.69) is 13.8 Å². The van der Waals surface area contributed by atoms with E-state index in [1.54, 1.807) is 0 Å². The van der Waals surface area contributed by atoms with Crippen LogP contribution in [-0.2, 0) is 24.5 Å². The summed E-state index contributed by atoms with van der Waals surface area (Å²) in [7, 11) is -5.44. The third-order valence-electron chi connectivity index (χ3n) is 10.3. The molecule has 0 saturated heterocycles. The number of ketones is 3. The lowest BCUT2D eigenvalue weighted by atomic mass is 9.80. The second-order valence-electron chi connectivity index (χ2n) is 14.6. The third kappa shape index (κ3) is 19.6. The first kappa shape index (κ1) is 48.8. The van der Waals surface area contributed by atoms with Crippen LogP contribution in [0.3, 0.4) is 0 Å². The average molecular weight is 732 g/mol. The smallest absolute Gasteiger partial charge is 0.286 e. The van der Waals surface area contributed by atoms with Gasteiger partial charge in [0.15, 0.2) is 11.6 Å². The third-order valence-corrected chi connectivity index (χ3v) is 11.8. The van der Waals surface area contributed by atoms with E-state index in [-0.39, 0.29) is 31.6 Å². The van der Waals surface area contributed by atoms with Gasteiger partial charge in [0.05, 0.1) is 6.04 Å². The summed E-state index contributed by atoms with van der Waals surface area (Å²) < 4.78 is 32.4. The lowest BCUT2D eigenvalue weighted by Gasteiger charge is -2.33. The minimum absolute atomic E-state index is 0.00587. The molecule has 4 unspecified atom stereocenters. The number of aliphatic hydroxyl groups is 1. The van der Waals surface area contributed by atoms with E-state index in [4.69, 9.17) is 17.2 Å². The maximum Gasteiger partial charge on any atom is 0.286 e. The van der Waals surface area contributed by atoms with Crippen molar-refractivity contribution in [2.45, 2.75) is 211 Å². The van der Waals surface area contributed by atoms with Gasteiger partial charge in [-0.3, -0.25) is 18.9 Å². The summed E-state index contributed by atoms with van der Waals surface area (Å²) in [6.07, 6.45) is 26.2. The van der Waals surface area contributed by atoms with E-state index in [1.807, 2.05) is 0 Å². The van der Waals surface area contributed by atoms with E-state index < -0.39 is 51.0 Å². The van der Waals surface area contributed by atoms with E-state index in [0.717, 1.165) is 51.4 Å². The Morgan fingerprint density at radius 1 is 0.580 bits per heavy atom. The van der Waals surface area contributed by atoms with Gasteiger partial charge in [-0.2, -0.15) is 8.42 Å². The highest BCUT2D eigenvalue weighted by Crippen LogP contribution is 2.27. The number of aliphatic hydroxyl groups excluding tert-OH is 1. The molecule has 296 valence electrons. The van der Waals surface area contributed by atoms with Crippen molar-refractivity contribution in [3.8, 4) is 0 Å². The Bertz CT molecular complexity index is 994. The molecule has 0 aromatic carbocycles. The Kier molecular flexibility index (Phi) is 29.5. The fraction of sp³-hybridized carbons (Fsp3) is 0.923. The van der Waals surface area contributed by atoms with Gasteiger partial charge in [-0.25, -0.2) is 0 Å². The molecule has 0 aliphatic rings. The molecule has 50 heavy (non-hydrogen) atoms. The van der Waals surface area contributed by atoms with E-state index in [1.165, 1.54) is 96.3 Å². The number of hydrogen-bond donors (Lipinski definition) is 5. The van der Waals surface area contributed by atoms with Crippen LogP contribution in [0, 0.1) is 5.92 Å². The van der Waals surface area contributed by atoms with Gasteiger partial charge in [0.25, 0.3) is 10.1 Å². The summed E-state index contributed by atoms with van der Waals surface area (Å²) in [5.41, 5.74) is 17.7. The second-order valence-corrected chi connectivity index (χ2v) is 16.2. The predicted molar refractivity (Wildman–Crippen MR) is 206 cm³/mol. The minimum Gasteiger partial charge on any atom is -0.385 e. The molecule has 11 heteroatoms. The van der Waals surface area contributed by atoms with Crippen LogP contribution < -0.4 is 17.2 Å². The SMILES string of the molecule is CCCCCCCCCCCCCCCC(=O)C(CCN)C(N)C(=O)C(CN)(C(=O)C(O)CCCCCCCCCCCCCC)S(=O)(=O)O. The van der Waals surface area contributed by atoms with Crippen molar-refractivity contribution in [1.82, 2.24) is 0 Å². The molecule has 0 aliphatic heterocycles. The Morgan fingerprint density at radius 2 is 0.940 bits per heavy atom. The topological polar surface area (TPSA) is 204 Å². The summed E-state index contributed by atoms with van der Waals surface area (Å²) in [6.45, 7) is 3.34. The second kappa shape index (κ2) is 30.2. The maximum atomic E-state index is 13.7. The molecule has 0 aromatic rings. The van der Waals surface area contributed by atoms with Crippen LogP contribution in [0.1, 0.15) is 194 Å². The van der Waals surface area contributed by atoms with Crippen molar-refractivity contribution in [3.05, 3.63) is 0 Å². The molecule has 0 bridgehead atoms. The van der Waals surface area contributed by atoms with Crippen LogP contribution in [0.2, 0.25) is 0 Å². The van der Waals surface area contributed by atoms with E-state index in [0.29, 0.717) is 12.8 Å². The Morgan fingerprint density at radius 3 is 1.28 bits per heavy atom. The van der Waals surface area contributed by atoms with Gasteiger partial charge in [-0.1, -0.05) is 168 Å². The van der Waals surface area contributed by atoms with Crippen LogP contribution in [0.25, 0.3) is 0 Å². The zero-order chi connectivity index (χ0) is 37.7. The van der Waals surface area contributed by atoms with Gasteiger partial charge in [0.2, 0.25) is 4.75 Å². The minimum atomic E-state index is -5.44. The normalized spacial score (nSPS) is 15.0. The molecular formula is C39H77N3O7S. The van der Waals surface area contributed by atoms with Crippen LogP contribution in [0.4, 0.5) is 0 Å². The molecule has 0 aromatic heterocycles. The van der Waals surface area contributed by atoms with Crippen LogP contribution in [0.15, 0.2) is 0 Å². The summed E-state index contributed by atoms with van der Waals surface area (Å²) in [4.78, 5) is 40.4. The first-order valence-electron chi connectivity index (χ1n) is 20.4. The van der Waals surface area contributed by atoms with E-state index >= 15 is 0 Å². The lowest BCUT2D eigenvalue weighted by molar-refractivity contribution is -0.139. The number of rotatable bonds is 37. The van der Waals surface area contributed by atoms with Gasteiger partial charge in [0.1, 0.15) is 11.9 Å². The molecule has 0 amide bonds. The molecule has 0 rings (SSSR count). The van der Waals surface area contributed by atoms with Crippen LogP contribution >= 0.6 is 0 Å². The standard InChI is InChI=1S/C39H77N3O7S/c1-3-5-7-9-11-13-15-17-19-20-22-24-26-28-34(43)33(30-31-40)36(42)38(46)39(32-41,50(47,48)49)37(45)35(44)29-27-25-23-21-18-16-14-12-10-8-6-4-2/h33,35-36,44H,3-32,40-42H2,1-2H3,(H,47,48,49). The summed E-state index contributed by atoms with van der Waals surface area (Å²) in [6, 6.07) is -1.73. The molecule has 10 nitrogen and oxygen atoms in total. The molecule has 0 fully saturated rings. The highest BCUT2D eigenvalue weighted by Gasteiger charge is 2.59. The number of carbonyl (C=O) groups excluding carboxylic acids is 3. The van der Waals surface area contributed by atoms with Gasteiger partial charge in [-0.15, -0.1) is 0 Å². The Hall–Kier alpha value is -1.24. The zero-order valence-corrected chi connectivity index (χ0v) is 32.8. The number of nitrogens with two attached hydrogens (primary N) is 3. The van der Waals surface area contributed by atoms with Gasteiger partial charge in [0, 0.05) is 18.9 Å². The molecule has 8 N–H and O–H groups in total. The number of carbonyl (C=O) groups is 3. The molecular weight excluding hydrogens is 655 g/mol. The van der Waals surface area contributed by atoms with Crippen molar-refractivity contribution in [1.29, 1.82) is 0 Å². The van der Waals surface area contributed by atoms with Crippen molar-refractivity contribution in [3.63, 3.8) is 0 Å². The zero-order valence-electron chi connectivity index (χ0n) is 32.0. The fourth-order valence-corrected chi connectivity index (χ4v) is 7.93. The quantitative estimate of drug-likeness (QED) is 0.0242. The summed E-state index contributed by atoms with van der Waals surface area (Å²) in [5.74, 6) is -4.26. The number of unbranched alkanes of at least 4 members (excludes halogenated alkanes) is 23. The molecule has 0 saturated carbocycles. The van der Waals surface area contributed by atoms with Gasteiger partial charge in [-0.05, 0) is 25.8 Å². The molecule has 0 heterocycles. The summed E-state index contributed by atoms with van der Waals surface area (Å²) >= 11 is 0. The van der Waals surface area contributed by atoms with Crippen LogP contribution in [0.5, 0.6) is 0 Å². The van der Waals surface area contributed by atoms with E-state index in [9.17, 15) is 32.5 Å². The predicted octanol–water partition coefficient (Wildman–Crippen LogP) is 7.50. The first-order valence-corrected chi connectivity index (χ1v) is 21.8. The van der Waals surface area contributed by atoms with Crippen molar-refractivity contribution >= 4 is 27.5 Å². The lowest BCUT2D eigenvalue weighted by Crippen LogP contribution is -2.66. The molecule has 0 aliphatic carbocycles. The highest BCUT2D eigenvalue weighted by molar-refractivity contribution is 7.89. The van der Waals surface area contributed by atoms with Gasteiger partial charge >= 0.3 is 0 Å². The first-order chi connectivity index (χ1) is 24.0. The monoisotopic (exact) mass is 732 g/mol. The number of Topliss-reactive ketones (excluding diaryl/α,β-unsaturated/α-hetero) is 3. The number of hydrogen-bond acceptors (Lipinski definition) is 9.